The monoisotopic (exact) mass is 307 g/mol. The number of rotatable bonds is 3. The molecule has 0 unspecified atom stereocenters. The molecule has 114 valence electrons. The van der Waals surface area contributed by atoms with Crippen LogP contribution in [0.15, 0.2) is 60.9 Å². The third-order valence-electron chi connectivity index (χ3n) is 3.36. The van der Waals surface area contributed by atoms with Crippen LogP contribution in [0.2, 0.25) is 0 Å². The van der Waals surface area contributed by atoms with Gasteiger partial charge in [-0.2, -0.15) is 0 Å². The van der Waals surface area contributed by atoms with Crippen LogP contribution in [0.1, 0.15) is 15.9 Å². The largest absolute Gasteiger partial charge is 0.305 e. The van der Waals surface area contributed by atoms with Crippen molar-refractivity contribution < 1.29 is 9.18 Å². The smallest absolute Gasteiger partial charge is 0.256 e. The molecule has 5 heteroatoms. The van der Waals surface area contributed by atoms with Crippen LogP contribution in [-0.2, 0) is 0 Å². The summed E-state index contributed by atoms with van der Waals surface area (Å²) in [7, 11) is 0. The highest BCUT2D eigenvalue weighted by Crippen LogP contribution is 2.20. The molecule has 0 aliphatic rings. The fourth-order valence-electron chi connectivity index (χ4n) is 2.09. The summed E-state index contributed by atoms with van der Waals surface area (Å²) in [6.07, 6.45) is 2.84. The molecule has 1 N–H and O–H groups in total. The Labute approximate surface area is 133 Å². The van der Waals surface area contributed by atoms with Crippen molar-refractivity contribution >= 4 is 11.7 Å². The first-order chi connectivity index (χ1) is 11.1. The lowest BCUT2D eigenvalue weighted by molar-refractivity contribution is 0.102. The van der Waals surface area contributed by atoms with Gasteiger partial charge in [-0.3, -0.25) is 9.78 Å². The summed E-state index contributed by atoms with van der Waals surface area (Å²) < 4.78 is 13.7. The topological polar surface area (TPSA) is 54.9 Å². The molecule has 1 aromatic heterocycles. The number of anilines is 1. The van der Waals surface area contributed by atoms with Gasteiger partial charge in [0.1, 0.15) is 5.82 Å². The normalized spacial score (nSPS) is 10.3. The lowest BCUT2D eigenvalue weighted by Gasteiger charge is -2.06. The first-order valence-corrected chi connectivity index (χ1v) is 7.08. The number of amides is 1. The first kappa shape index (κ1) is 14.8. The minimum atomic E-state index is -0.363. The van der Waals surface area contributed by atoms with E-state index in [0.29, 0.717) is 22.6 Å². The molecule has 3 aromatic rings. The molecule has 0 fully saturated rings. The fraction of sp³-hybridized carbons (Fsp3) is 0.0556. The molecule has 0 aliphatic carbocycles. The number of aryl methyl sites for hydroxylation is 1. The summed E-state index contributed by atoms with van der Waals surface area (Å²) in [6.45, 7) is 1.95. The lowest BCUT2D eigenvalue weighted by Crippen LogP contribution is -2.13. The van der Waals surface area contributed by atoms with Gasteiger partial charge in [-0.1, -0.05) is 29.8 Å². The quantitative estimate of drug-likeness (QED) is 0.799. The first-order valence-electron chi connectivity index (χ1n) is 7.08. The van der Waals surface area contributed by atoms with E-state index in [9.17, 15) is 9.18 Å². The van der Waals surface area contributed by atoms with Crippen LogP contribution >= 0.6 is 0 Å². The zero-order valence-corrected chi connectivity index (χ0v) is 12.5. The number of carbonyl (C=O) groups is 1. The predicted octanol–water partition coefficient (Wildman–Crippen LogP) is 3.84. The van der Waals surface area contributed by atoms with Crippen molar-refractivity contribution in [3.05, 3.63) is 77.9 Å². The molecule has 2 aromatic carbocycles. The second kappa shape index (κ2) is 6.36. The summed E-state index contributed by atoms with van der Waals surface area (Å²) in [5.74, 6) is -0.313. The van der Waals surface area contributed by atoms with Crippen LogP contribution in [0.5, 0.6) is 0 Å². The average Bonchev–Trinajstić information content (AvgIpc) is 2.57. The minimum absolute atomic E-state index is 0.266. The second-order valence-electron chi connectivity index (χ2n) is 5.09. The Kier molecular flexibility index (Phi) is 4.10. The van der Waals surface area contributed by atoms with Gasteiger partial charge in [-0.05, 0) is 31.2 Å². The zero-order chi connectivity index (χ0) is 16.2. The molecule has 0 saturated carbocycles. The van der Waals surface area contributed by atoms with Gasteiger partial charge in [-0.25, -0.2) is 9.37 Å². The number of carbonyl (C=O) groups excluding carboxylic acids is 1. The second-order valence-corrected chi connectivity index (χ2v) is 5.09. The van der Waals surface area contributed by atoms with Gasteiger partial charge >= 0.3 is 0 Å². The number of nitrogens with one attached hydrogen (secondary N) is 1. The summed E-state index contributed by atoms with van der Waals surface area (Å²) in [5, 5.41) is 2.66. The van der Waals surface area contributed by atoms with E-state index in [1.807, 2.05) is 19.1 Å². The van der Waals surface area contributed by atoms with Crippen LogP contribution in [0, 0.1) is 12.7 Å². The number of hydrogen-bond acceptors (Lipinski definition) is 3. The lowest BCUT2D eigenvalue weighted by atomic mass is 10.1. The zero-order valence-electron chi connectivity index (χ0n) is 12.5. The van der Waals surface area contributed by atoms with Crippen LogP contribution in [-0.4, -0.2) is 15.9 Å². The van der Waals surface area contributed by atoms with Crippen LogP contribution < -0.4 is 5.32 Å². The third-order valence-corrected chi connectivity index (χ3v) is 3.36. The van der Waals surface area contributed by atoms with Crippen molar-refractivity contribution in [2.24, 2.45) is 0 Å². The van der Waals surface area contributed by atoms with E-state index in [4.69, 9.17) is 0 Å². The van der Waals surface area contributed by atoms with E-state index < -0.39 is 0 Å². The van der Waals surface area contributed by atoms with E-state index in [0.717, 1.165) is 5.56 Å². The van der Waals surface area contributed by atoms with Gasteiger partial charge in [0.05, 0.1) is 18.1 Å². The highest BCUT2D eigenvalue weighted by Gasteiger charge is 2.09. The number of hydrogen-bond donors (Lipinski definition) is 1. The molecule has 1 heterocycles. The van der Waals surface area contributed by atoms with E-state index in [-0.39, 0.29) is 11.7 Å². The van der Waals surface area contributed by atoms with Crippen LogP contribution in [0.3, 0.4) is 0 Å². The van der Waals surface area contributed by atoms with Gasteiger partial charge in [0.15, 0.2) is 5.82 Å². The number of benzene rings is 2. The summed E-state index contributed by atoms with van der Waals surface area (Å²) in [6, 6.07) is 13.5. The number of nitrogens with zero attached hydrogens (tertiary/aromatic N) is 2. The molecule has 4 nitrogen and oxygen atoms in total. The standard InChI is InChI=1S/C18H14FN3O/c1-12-6-8-13(9-7-12)18(23)22-17-11-20-16(10-21-17)14-4-2-3-5-15(14)19/h2-11H,1H3,(H,21,22,23). The Balaban J connectivity index is 1.76. The average molecular weight is 307 g/mol. The number of aromatic nitrogens is 2. The van der Waals surface area contributed by atoms with E-state index >= 15 is 0 Å². The molecule has 0 radical (unpaired) electrons. The maximum Gasteiger partial charge on any atom is 0.256 e. The highest BCUT2D eigenvalue weighted by molar-refractivity contribution is 6.03. The van der Waals surface area contributed by atoms with E-state index in [1.165, 1.54) is 18.5 Å². The molecule has 0 atom stereocenters. The maximum atomic E-state index is 13.7. The molecule has 3 rings (SSSR count). The molecular weight excluding hydrogens is 293 g/mol. The van der Waals surface area contributed by atoms with Crippen molar-refractivity contribution in [1.82, 2.24) is 9.97 Å². The van der Waals surface area contributed by atoms with Crippen molar-refractivity contribution in [3.8, 4) is 11.3 Å². The molecule has 0 spiro atoms. The van der Waals surface area contributed by atoms with Gasteiger partial charge in [0.25, 0.3) is 5.91 Å². The minimum Gasteiger partial charge on any atom is -0.305 e. The van der Waals surface area contributed by atoms with Crippen molar-refractivity contribution in [3.63, 3.8) is 0 Å². The Morgan fingerprint density at radius 1 is 1.00 bits per heavy atom. The molecule has 0 aliphatic heterocycles. The van der Waals surface area contributed by atoms with Crippen LogP contribution in [0.25, 0.3) is 11.3 Å². The van der Waals surface area contributed by atoms with E-state index in [2.05, 4.69) is 15.3 Å². The Morgan fingerprint density at radius 2 is 1.74 bits per heavy atom. The molecule has 23 heavy (non-hydrogen) atoms. The van der Waals surface area contributed by atoms with Gasteiger partial charge in [0.2, 0.25) is 0 Å². The Morgan fingerprint density at radius 3 is 2.39 bits per heavy atom. The SMILES string of the molecule is Cc1ccc(C(=O)Nc2cnc(-c3ccccc3F)cn2)cc1. The van der Waals surface area contributed by atoms with Crippen molar-refractivity contribution in [2.45, 2.75) is 6.92 Å². The third kappa shape index (κ3) is 3.40. The summed E-state index contributed by atoms with van der Waals surface area (Å²) in [4.78, 5) is 20.4. The Hall–Kier alpha value is -3.08. The summed E-state index contributed by atoms with van der Waals surface area (Å²) >= 11 is 0. The number of halogens is 1. The van der Waals surface area contributed by atoms with Crippen molar-refractivity contribution in [2.75, 3.05) is 5.32 Å². The Bertz CT molecular complexity index is 830. The summed E-state index contributed by atoms with van der Waals surface area (Å²) in [5.41, 5.74) is 2.40. The van der Waals surface area contributed by atoms with Gasteiger partial charge in [-0.15, -0.1) is 0 Å². The van der Waals surface area contributed by atoms with Crippen LogP contribution in [0.4, 0.5) is 10.2 Å². The fourth-order valence-corrected chi connectivity index (χ4v) is 2.09. The van der Waals surface area contributed by atoms with Gasteiger partial charge < -0.3 is 5.32 Å². The maximum absolute atomic E-state index is 13.7. The van der Waals surface area contributed by atoms with E-state index in [1.54, 1.807) is 30.3 Å². The van der Waals surface area contributed by atoms with Crippen molar-refractivity contribution in [1.29, 1.82) is 0 Å². The molecular formula is C18H14FN3O. The molecule has 0 saturated heterocycles. The highest BCUT2D eigenvalue weighted by atomic mass is 19.1. The molecule has 1 amide bonds. The predicted molar refractivity (Wildman–Crippen MR) is 86.6 cm³/mol. The molecule has 0 bridgehead atoms. The van der Waals surface area contributed by atoms with Gasteiger partial charge in [0, 0.05) is 11.1 Å².